The Balaban J connectivity index is 2.45. The fourth-order valence-corrected chi connectivity index (χ4v) is 1.43. The molecule has 0 atom stereocenters. The van der Waals surface area contributed by atoms with Gasteiger partial charge in [-0.1, -0.05) is 6.07 Å². The number of carbonyl (C=O) groups excluding carboxylic acids is 2. The highest BCUT2D eigenvalue weighted by Crippen LogP contribution is 2.17. The molecule has 1 aromatic carbocycles. The molecule has 0 aliphatic rings. The van der Waals surface area contributed by atoms with Crippen molar-refractivity contribution >= 4 is 11.8 Å². The number of amides is 2. The molecule has 5 nitrogen and oxygen atoms in total. The average molecular weight is 250 g/mol. The number of phenolic OH excluding ortho intramolecular Hbond substituents is 1. The summed E-state index contributed by atoms with van der Waals surface area (Å²) in [6.07, 6.45) is 0.247. The van der Waals surface area contributed by atoms with Crippen LogP contribution in [0.2, 0.25) is 0 Å². The van der Waals surface area contributed by atoms with Gasteiger partial charge in [-0.25, -0.2) is 0 Å². The first-order valence-corrected chi connectivity index (χ1v) is 5.89. The number of benzene rings is 1. The highest BCUT2D eigenvalue weighted by molar-refractivity contribution is 5.94. The zero-order valence-corrected chi connectivity index (χ0v) is 10.6. The van der Waals surface area contributed by atoms with Crippen LogP contribution in [0.3, 0.4) is 0 Å². The van der Waals surface area contributed by atoms with Crippen molar-refractivity contribution in [2.75, 3.05) is 13.1 Å². The van der Waals surface area contributed by atoms with Crippen LogP contribution in [0.25, 0.3) is 0 Å². The number of hydrogen-bond donors (Lipinski definition) is 3. The van der Waals surface area contributed by atoms with Crippen LogP contribution >= 0.6 is 0 Å². The molecule has 1 rings (SSSR count). The van der Waals surface area contributed by atoms with Crippen molar-refractivity contribution in [3.8, 4) is 5.75 Å². The predicted octanol–water partition coefficient (Wildman–Crippen LogP) is 0.957. The van der Waals surface area contributed by atoms with E-state index in [1.807, 2.05) is 6.92 Å². The number of aryl methyl sites for hydroxylation is 1. The summed E-state index contributed by atoms with van der Waals surface area (Å²) in [6, 6.07) is 4.72. The Bertz CT molecular complexity index is 444. The molecule has 1 aromatic rings. The quantitative estimate of drug-likeness (QED) is 0.728. The Morgan fingerprint density at radius 3 is 2.61 bits per heavy atom. The molecule has 0 radical (unpaired) electrons. The topological polar surface area (TPSA) is 78.4 Å². The molecule has 0 aromatic heterocycles. The molecule has 0 bridgehead atoms. The van der Waals surface area contributed by atoms with Crippen molar-refractivity contribution in [2.45, 2.75) is 20.3 Å². The predicted molar refractivity (Wildman–Crippen MR) is 68.5 cm³/mol. The molecule has 5 heteroatoms. The number of phenols is 1. The van der Waals surface area contributed by atoms with Crippen LogP contribution in [0, 0.1) is 6.92 Å². The molecule has 0 fully saturated rings. The first kappa shape index (κ1) is 14.0. The largest absolute Gasteiger partial charge is 0.508 e. The van der Waals surface area contributed by atoms with E-state index in [9.17, 15) is 14.7 Å². The SMILES string of the molecule is CCNC(=O)CCNC(=O)c1ccc(C)c(O)c1. The van der Waals surface area contributed by atoms with Gasteiger partial charge in [-0.2, -0.15) is 0 Å². The highest BCUT2D eigenvalue weighted by Gasteiger charge is 2.08. The summed E-state index contributed by atoms with van der Waals surface area (Å²) >= 11 is 0. The molecule has 0 aliphatic carbocycles. The van der Waals surface area contributed by atoms with Gasteiger partial charge in [-0.15, -0.1) is 0 Å². The normalized spacial score (nSPS) is 9.89. The summed E-state index contributed by atoms with van der Waals surface area (Å²) < 4.78 is 0. The van der Waals surface area contributed by atoms with Crippen molar-refractivity contribution in [1.29, 1.82) is 0 Å². The van der Waals surface area contributed by atoms with Gasteiger partial charge in [-0.3, -0.25) is 9.59 Å². The van der Waals surface area contributed by atoms with E-state index in [0.29, 0.717) is 17.7 Å². The molecule has 18 heavy (non-hydrogen) atoms. The van der Waals surface area contributed by atoms with Crippen LogP contribution in [-0.2, 0) is 4.79 Å². The van der Waals surface area contributed by atoms with Crippen LogP contribution in [0.4, 0.5) is 0 Å². The Kier molecular flexibility index (Phi) is 5.17. The maximum absolute atomic E-state index is 11.7. The molecule has 2 amide bonds. The summed E-state index contributed by atoms with van der Waals surface area (Å²) in [5.41, 5.74) is 1.10. The lowest BCUT2D eigenvalue weighted by molar-refractivity contribution is -0.120. The minimum Gasteiger partial charge on any atom is -0.508 e. The molecule has 98 valence electrons. The van der Waals surface area contributed by atoms with E-state index in [1.54, 1.807) is 19.1 Å². The fourth-order valence-electron chi connectivity index (χ4n) is 1.43. The van der Waals surface area contributed by atoms with Gasteiger partial charge < -0.3 is 15.7 Å². The van der Waals surface area contributed by atoms with Crippen LogP contribution in [0.15, 0.2) is 18.2 Å². The van der Waals surface area contributed by atoms with Crippen LogP contribution in [0.5, 0.6) is 5.75 Å². The zero-order valence-electron chi connectivity index (χ0n) is 10.6. The molecular formula is C13H18N2O3. The minimum atomic E-state index is -0.297. The van der Waals surface area contributed by atoms with Gasteiger partial charge in [0.15, 0.2) is 0 Å². The van der Waals surface area contributed by atoms with E-state index < -0.39 is 0 Å². The number of nitrogens with one attached hydrogen (secondary N) is 2. The second-order valence-electron chi connectivity index (χ2n) is 3.96. The van der Waals surface area contributed by atoms with Crippen molar-refractivity contribution in [2.24, 2.45) is 0 Å². The summed E-state index contributed by atoms with van der Waals surface area (Å²) in [5.74, 6) is -0.300. The molecule has 0 heterocycles. The van der Waals surface area contributed by atoms with E-state index in [-0.39, 0.29) is 30.5 Å². The highest BCUT2D eigenvalue weighted by atomic mass is 16.3. The zero-order chi connectivity index (χ0) is 13.5. The lowest BCUT2D eigenvalue weighted by atomic mass is 10.1. The number of hydrogen-bond acceptors (Lipinski definition) is 3. The van der Waals surface area contributed by atoms with Crippen molar-refractivity contribution in [3.63, 3.8) is 0 Å². The molecule has 0 saturated carbocycles. The van der Waals surface area contributed by atoms with E-state index in [1.165, 1.54) is 6.07 Å². The Labute approximate surface area is 106 Å². The van der Waals surface area contributed by atoms with Crippen molar-refractivity contribution in [3.05, 3.63) is 29.3 Å². The third-order valence-corrected chi connectivity index (χ3v) is 2.48. The molecule has 0 spiro atoms. The molecule has 3 N–H and O–H groups in total. The lowest BCUT2D eigenvalue weighted by Gasteiger charge is -2.06. The van der Waals surface area contributed by atoms with Gasteiger partial charge >= 0.3 is 0 Å². The van der Waals surface area contributed by atoms with Crippen LogP contribution in [-0.4, -0.2) is 30.0 Å². The van der Waals surface area contributed by atoms with Gasteiger partial charge in [-0.05, 0) is 31.5 Å². The fraction of sp³-hybridized carbons (Fsp3) is 0.385. The Hall–Kier alpha value is -2.04. The Morgan fingerprint density at radius 2 is 2.00 bits per heavy atom. The van der Waals surface area contributed by atoms with Gasteiger partial charge in [0.2, 0.25) is 5.91 Å². The summed E-state index contributed by atoms with van der Waals surface area (Å²) in [4.78, 5) is 22.9. The second kappa shape index (κ2) is 6.64. The number of carbonyl (C=O) groups is 2. The van der Waals surface area contributed by atoms with Crippen molar-refractivity contribution < 1.29 is 14.7 Å². The molecule has 0 saturated heterocycles. The van der Waals surface area contributed by atoms with Gasteiger partial charge in [0.1, 0.15) is 5.75 Å². The summed E-state index contributed by atoms with van der Waals surface area (Å²) in [6.45, 7) is 4.45. The van der Waals surface area contributed by atoms with Crippen molar-refractivity contribution in [1.82, 2.24) is 10.6 Å². The van der Waals surface area contributed by atoms with E-state index in [0.717, 1.165) is 0 Å². The maximum atomic E-state index is 11.7. The molecule has 0 aliphatic heterocycles. The minimum absolute atomic E-state index is 0.0892. The van der Waals surface area contributed by atoms with E-state index in [4.69, 9.17) is 0 Å². The first-order valence-electron chi connectivity index (χ1n) is 5.89. The summed E-state index contributed by atoms with van der Waals surface area (Å²) in [5, 5.41) is 14.8. The third-order valence-electron chi connectivity index (χ3n) is 2.48. The van der Waals surface area contributed by atoms with E-state index >= 15 is 0 Å². The van der Waals surface area contributed by atoms with Crippen LogP contribution in [0.1, 0.15) is 29.3 Å². The standard InChI is InChI=1S/C13H18N2O3/c1-3-14-12(17)6-7-15-13(18)10-5-4-9(2)11(16)8-10/h4-5,8,16H,3,6-7H2,1-2H3,(H,14,17)(H,15,18). The van der Waals surface area contributed by atoms with Gasteiger partial charge in [0.25, 0.3) is 5.91 Å². The molecule has 0 unspecified atom stereocenters. The van der Waals surface area contributed by atoms with Crippen LogP contribution < -0.4 is 10.6 Å². The lowest BCUT2D eigenvalue weighted by Crippen LogP contribution is -2.30. The number of aromatic hydroxyl groups is 1. The van der Waals surface area contributed by atoms with Gasteiger partial charge in [0, 0.05) is 25.1 Å². The monoisotopic (exact) mass is 250 g/mol. The van der Waals surface area contributed by atoms with Gasteiger partial charge in [0.05, 0.1) is 0 Å². The summed E-state index contributed by atoms with van der Waals surface area (Å²) in [7, 11) is 0. The first-order chi connectivity index (χ1) is 8.54. The van der Waals surface area contributed by atoms with E-state index in [2.05, 4.69) is 10.6 Å². The third kappa shape index (κ3) is 4.08. The second-order valence-corrected chi connectivity index (χ2v) is 3.96. The maximum Gasteiger partial charge on any atom is 0.251 e. The average Bonchev–Trinajstić information content (AvgIpc) is 2.33. The number of rotatable bonds is 5. The smallest absolute Gasteiger partial charge is 0.251 e. The Morgan fingerprint density at radius 1 is 1.28 bits per heavy atom. The molecular weight excluding hydrogens is 232 g/mol.